The molecule has 0 spiro atoms. The summed E-state index contributed by atoms with van der Waals surface area (Å²) in [5.41, 5.74) is 2.88. The van der Waals surface area contributed by atoms with E-state index in [-0.39, 0.29) is 11.7 Å². The normalized spacial score (nSPS) is 10.5. The van der Waals surface area contributed by atoms with Gasteiger partial charge in [0.15, 0.2) is 5.78 Å². The minimum Gasteiger partial charge on any atom is -0.346 e. The molecule has 4 nitrogen and oxygen atoms in total. The molecule has 1 heterocycles. The van der Waals surface area contributed by atoms with Gasteiger partial charge in [0.05, 0.1) is 0 Å². The van der Waals surface area contributed by atoms with Gasteiger partial charge in [0.2, 0.25) is 0 Å². The molecule has 2 rings (SSSR count). The molecule has 5 heteroatoms. The topological polar surface area (TPSA) is 42.3 Å². The van der Waals surface area contributed by atoms with Gasteiger partial charge in [0.1, 0.15) is 5.69 Å². The van der Waals surface area contributed by atoms with Crippen LogP contribution in [0.15, 0.2) is 34.9 Å². The quantitative estimate of drug-likeness (QED) is 0.795. The first-order valence-electron chi connectivity index (χ1n) is 6.52. The van der Waals surface area contributed by atoms with Crippen LogP contribution in [0.4, 0.5) is 5.69 Å². The number of rotatable bonds is 3. The smallest absolute Gasteiger partial charge is 0.274 e. The zero-order valence-electron chi connectivity index (χ0n) is 12.5. The molecule has 1 aromatic heterocycles. The Morgan fingerprint density at radius 1 is 1.24 bits per heavy atom. The number of benzene rings is 1. The Bertz CT molecular complexity index is 719. The van der Waals surface area contributed by atoms with Crippen LogP contribution in [0.25, 0.3) is 0 Å². The minimum absolute atomic E-state index is 0.0490. The molecule has 2 aromatic rings. The highest BCUT2D eigenvalue weighted by Crippen LogP contribution is 2.24. The van der Waals surface area contributed by atoms with E-state index in [1.165, 1.54) is 6.92 Å². The van der Waals surface area contributed by atoms with Crippen molar-refractivity contribution in [3.05, 3.63) is 51.8 Å². The highest BCUT2D eigenvalue weighted by molar-refractivity contribution is 9.10. The third kappa shape index (κ3) is 3.08. The molecular weight excluding hydrogens is 332 g/mol. The van der Waals surface area contributed by atoms with E-state index >= 15 is 0 Å². The second-order valence-corrected chi connectivity index (χ2v) is 5.99. The Labute approximate surface area is 132 Å². The van der Waals surface area contributed by atoms with Gasteiger partial charge in [0.25, 0.3) is 5.91 Å². The van der Waals surface area contributed by atoms with Crippen molar-refractivity contribution in [2.45, 2.75) is 13.8 Å². The lowest BCUT2D eigenvalue weighted by molar-refractivity contribution is 0.0984. The van der Waals surface area contributed by atoms with E-state index < -0.39 is 0 Å². The lowest BCUT2D eigenvalue weighted by Crippen LogP contribution is -2.28. The fourth-order valence-electron chi connectivity index (χ4n) is 2.25. The number of ketones is 1. The number of nitrogens with zero attached hydrogens (tertiary/aromatic N) is 2. The summed E-state index contributed by atoms with van der Waals surface area (Å²) in [7, 11) is 3.50. The predicted molar refractivity (Wildman–Crippen MR) is 87.0 cm³/mol. The van der Waals surface area contributed by atoms with Crippen LogP contribution in [0.5, 0.6) is 0 Å². The average Bonchev–Trinajstić information content (AvgIpc) is 2.79. The van der Waals surface area contributed by atoms with Crippen molar-refractivity contribution in [1.29, 1.82) is 0 Å². The molecule has 0 atom stereocenters. The second kappa shape index (κ2) is 5.85. The van der Waals surface area contributed by atoms with Gasteiger partial charge in [-0.05, 0) is 43.7 Å². The maximum Gasteiger partial charge on any atom is 0.274 e. The van der Waals surface area contributed by atoms with Gasteiger partial charge in [-0.25, -0.2) is 0 Å². The Balaban J connectivity index is 2.37. The molecular formula is C16H17BrN2O2. The molecule has 0 saturated carbocycles. The van der Waals surface area contributed by atoms with Crippen molar-refractivity contribution < 1.29 is 9.59 Å². The molecule has 0 bridgehead atoms. The summed E-state index contributed by atoms with van der Waals surface area (Å²) in [6.07, 6.45) is 1.68. The number of amides is 1. The molecule has 21 heavy (non-hydrogen) atoms. The van der Waals surface area contributed by atoms with Gasteiger partial charge in [-0.3, -0.25) is 9.59 Å². The summed E-state index contributed by atoms with van der Waals surface area (Å²) < 4.78 is 2.66. The molecule has 0 unspecified atom stereocenters. The van der Waals surface area contributed by atoms with E-state index in [9.17, 15) is 9.59 Å². The molecule has 0 N–H and O–H groups in total. The van der Waals surface area contributed by atoms with Gasteiger partial charge in [-0.15, -0.1) is 0 Å². The van der Waals surface area contributed by atoms with Crippen LogP contribution in [0.2, 0.25) is 0 Å². The lowest BCUT2D eigenvalue weighted by atomic mass is 10.1. The number of carbonyl (C=O) groups is 2. The number of halogens is 1. The minimum atomic E-state index is -0.143. The fraction of sp³-hybridized carbons (Fsp3) is 0.250. The number of aromatic nitrogens is 1. The number of aryl methyl sites for hydroxylation is 2. The summed E-state index contributed by atoms with van der Waals surface area (Å²) in [4.78, 5) is 25.6. The zero-order valence-corrected chi connectivity index (χ0v) is 14.1. The molecule has 110 valence electrons. The van der Waals surface area contributed by atoms with Crippen LogP contribution in [-0.2, 0) is 7.05 Å². The third-order valence-corrected chi connectivity index (χ3v) is 3.95. The van der Waals surface area contributed by atoms with E-state index in [1.807, 2.05) is 25.1 Å². The monoisotopic (exact) mass is 348 g/mol. The highest BCUT2D eigenvalue weighted by atomic mass is 79.9. The van der Waals surface area contributed by atoms with Gasteiger partial charge in [-0.2, -0.15) is 0 Å². The predicted octanol–water partition coefficient (Wildman–Crippen LogP) is 3.58. The van der Waals surface area contributed by atoms with Gasteiger partial charge in [-0.1, -0.05) is 15.9 Å². The molecule has 0 saturated heterocycles. The maximum absolute atomic E-state index is 12.6. The summed E-state index contributed by atoms with van der Waals surface area (Å²) >= 11 is 3.41. The first-order chi connectivity index (χ1) is 9.81. The van der Waals surface area contributed by atoms with Gasteiger partial charge >= 0.3 is 0 Å². The molecule has 0 radical (unpaired) electrons. The van der Waals surface area contributed by atoms with E-state index in [1.54, 1.807) is 35.8 Å². The van der Waals surface area contributed by atoms with E-state index in [0.29, 0.717) is 11.3 Å². The zero-order chi connectivity index (χ0) is 15.7. The Morgan fingerprint density at radius 2 is 1.90 bits per heavy atom. The van der Waals surface area contributed by atoms with Crippen molar-refractivity contribution in [3.8, 4) is 0 Å². The van der Waals surface area contributed by atoms with E-state index in [4.69, 9.17) is 0 Å². The second-order valence-electron chi connectivity index (χ2n) is 5.08. The average molecular weight is 349 g/mol. The van der Waals surface area contributed by atoms with E-state index in [0.717, 1.165) is 15.7 Å². The number of Topliss-reactive ketones (excluding diaryl/α,β-unsaturated/α-hetero) is 1. The summed E-state index contributed by atoms with van der Waals surface area (Å²) in [5.74, 6) is -0.192. The highest BCUT2D eigenvalue weighted by Gasteiger charge is 2.19. The SMILES string of the molecule is CC(=O)c1cc(C(=O)N(C)c2ccc(Br)cc2C)n(C)c1. The molecule has 1 aromatic carbocycles. The largest absolute Gasteiger partial charge is 0.346 e. The van der Waals surface area contributed by atoms with Gasteiger partial charge in [0, 0.05) is 36.0 Å². The number of hydrogen-bond acceptors (Lipinski definition) is 2. The van der Waals surface area contributed by atoms with Crippen LogP contribution in [-0.4, -0.2) is 23.3 Å². The number of carbonyl (C=O) groups excluding carboxylic acids is 2. The van der Waals surface area contributed by atoms with Crippen LogP contribution < -0.4 is 4.90 Å². The molecule has 0 aliphatic rings. The number of hydrogen-bond donors (Lipinski definition) is 0. The van der Waals surface area contributed by atoms with Crippen molar-refractivity contribution >= 4 is 33.3 Å². The fourth-order valence-corrected chi connectivity index (χ4v) is 2.72. The van der Waals surface area contributed by atoms with Crippen molar-refractivity contribution in [2.24, 2.45) is 7.05 Å². The van der Waals surface area contributed by atoms with Crippen molar-refractivity contribution in [1.82, 2.24) is 4.57 Å². The van der Waals surface area contributed by atoms with E-state index in [2.05, 4.69) is 15.9 Å². The first kappa shape index (κ1) is 15.5. The molecule has 0 fully saturated rings. The Hall–Kier alpha value is -1.88. The maximum atomic E-state index is 12.6. The van der Waals surface area contributed by atoms with Crippen LogP contribution in [0.1, 0.15) is 33.3 Å². The van der Waals surface area contributed by atoms with Crippen LogP contribution in [0, 0.1) is 6.92 Å². The van der Waals surface area contributed by atoms with Crippen molar-refractivity contribution in [3.63, 3.8) is 0 Å². The first-order valence-corrected chi connectivity index (χ1v) is 7.32. The van der Waals surface area contributed by atoms with Crippen molar-refractivity contribution in [2.75, 3.05) is 11.9 Å². The summed E-state index contributed by atoms with van der Waals surface area (Å²) in [5, 5.41) is 0. The molecule has 0 aliphatic carbocycles. The molecule has 0 aliphatic heterocycles. The van der Waals surface area contributed by atoms with Gasteiger partial charge < -0.3 is 9.47 Å². The summed E-state index contributed by atoms with van der Waals surface area (Å²) in [6.45, 7) is 3.45. The number of anilines is 1. The van der Waals surface area contributed by atoms with Crippen LogP contribution >= 0.6 is 15.9 Å². The third-order valence-electron chi connectivity index (χ3n) is 3.46. The molecule has 1 amide bonds. The Kier molecular flexibility index (Phi) is 4.32. The summed E-state index contributed by atoms with van der Waals surface area (Å²) in [6, 6.07) is 7.39. The standard InChI is InChI=1S/C16H17BrN2O2/c1-10-7-13(17)5-6-14(10)19(4)16(21)15-8-12(11(2)20)9-18(15)3/h5-9H,1-4H3. The lowest BCUT2D eigenvalue weighted by Gasteiger charge is -2.20. The Morgan fingerprint density at radius 3 is 2.43 bits per heavy atom. The van der Waals surface area contributed by atoms with Crippen LogP contribution in [0.3, 0.4) is 0 Å².